The summed E-state index contributed by atoms with van der Waals surface area (Å²) in [7, 11) is 0. The van der Waals surface area contributed by atoms with Crippen LogP contribution in [0.15, 0.2) is 48.8 Å². The number of carbonyl (C=O) groups excluding carboxylic acids is 1. The van der Waals surface area contributed by atoms with Gasteiger partial charge in [-0.1, -0.05) is 18.6 Å². The van der Waals surface area contributed by atoms with Gasteiger partial charge in [0.25, 0.3) is 5.91 Å². The summed E-state index contributed by atoms with van der Waals surface area (Å²) in [6, 6.07) is 12.1. The molecule has 0 unspecified atom stereocenters. The summed E-state index contributed by atoms with van der Waals surface area (Å²) in [5.41, 5.74) is 3.47. The summed E-state index contributed by atoms with van der Waals surface area (Å²) >= 11 is 0. The van der Waals surface area contributed by atoms with E-state index in [1.807, 2.05) is 52.8 Å². The smallest absolute Gasteiger partial charge is 0.256 e. The Morgan fingerprint density at radius 1 is 1.07 bits per heavy atom. The summed E-state index contributed by atoms with van der Waals surface area (Å²) in [6.45, 7) is 8.07. The highest BCUT2D eigenvalue weighted by Gasteiger charge is 2.23. The predicted molar refractivity (Wildman–Crippen MR) is 120 cm³/mol. The number of aryl methyl sites for hydroxylation is 2. The Bertz CT molecular complexity index is 983. The van der Waals surface area contributed by atoms with E-state index < -0.39 is 0 Å². The minimum atomic E-state index is -0.0613. The van der Waals surface area contributed by atoms with E-state index >= 15 is 0 Å². The standard InChI is InChI=1S/C24H31N5O/c1-19-10-8-11-21(18-19)29-24(28-16-6-7-17-28)22(20(2)26-29)23(30)25-12-9-15-27-13-4-3-5-14-27/h6-8,10-11,16-18H,3-5,9,12-15H2,1-2H3,(H,25,30). The Morgan fingerprint density at radius 3 is 2.57 bits per heavy atom. The van der Waals surface area contributed by atoms with Crippen molar-refractivity contribution in [1.82, 2.24) is 24.6 Å². The summed E-state index contributed by atoms with van der Waals surface area (Å²) in [5, 5.41) is 7.85. The SMILES string of the molecule is Cc1cccc(-n2nc(C)c(C(=O)NCCCN3CCCCC3)c2-n2cccc2)c1. The van der Waals surface area contributed by atoms with Crippen molar-refractivity contribution >= 4 is 5.91 Å². The Balaban J connectivity index is 1.54. The summed E-state index contributed by atoms with van der Waals surface area (Å²) in [4.78, 5) is 15.7. The maximum absolute atomic E-state index is 13.2. The molecule has 1 N–H and O–H groups in total. The van der Waals surface area contributed by atoms with Crippen molar-refractivity contribution in [3.8, 4) is 11.5 Å². The van der Waals surface area contributed by atoms with Gasteiger partial charge < -0.3 is 14.8 Å². The van der Waals surface area contributed by atoms with Crippen LogP contribution < -0.4 is 5.32 Å². The lowest BCUT2D eigenvalue weighted by Gasteiger charge is -2.26. The van der Waals surface area contributed by atoms with Gasteiger partial charge in [-0.15, -0.1) is 0 Å². The molecule has 1 aliphatic rings. The Kier molecular flexibility index (Phi) is 6.33. The number of amides is 1. The van der Waals surface area contributed by atoms with E-state index in [-0.39, 0.29) is 5.91 Å². The van der Waals surface area contributed by atoms with Gasteiger partial charge in [-0.05, 0) is 82.6 Å². The van der Waals surface area contributed by atoms with Crippen LogP contribution >= 0.6 is 0 Å². The predicted octanol–water partition coefficient (Wildman–Crippen LogP) is 3.89. The first kappa shape index (κ1) is 20.4. The van der Waals surface area contributed by atoms with E-state index in [0.717, 1.165) is 35.7 Å². The van der Waals surface area contributed by atoms with Crippen LogP contribution in [0.3, 0.4) is 0 Å². The first-order valence-electron chi connectivity index (χ1n) is 10.9. The molecule has 2 aromatic heterocycles. The van der Waals surface area contributed by atoms with Crippen molar-refractivity contribution < 1.29 is 4.79 Å². The van der Waals surface area contributed by atoms with Gasteiger partial charge in [0.1, 0.15) is 5.56 Å². The van der Waals surface area contributed by atoms with Crippen molar-refractivity contribution in [2.24, 2.45) is 0 Å². The van der Waals surface area contributed by atoms with Crippen LogP contribution in [0.1, 0.15) is 47.3 Å². The van der Waals surface area contributed by atoms with Gasteiger partial charge in [-0.25, -0.2) is 4.68 Å². The van der Waals surface area contributed by atoms with Gasteiger partial charge >= 0.3 is 0 Å². The third kappa shape index (κ3) is 4.49. The number of carbonyl (C=O) groups is 1. The first-order chi connectivity index (χ1) is 14.6. The molecule has 1 amide bonds. The maximum Gasteiger partial charge on any atom is 0.256 e. The van der Waals surface area contributed by atoms with Gasteiger partial charge in [0, 0.05) is 18.9 Å². The average Bonchev–Trinajstić information content (AvgIpc) is 3.39. The van der Waals surface area contributed by atoms with Crippen LogP contribution in [0, 0.1) is 13.8 Å². The highest BCUT2D eigenvalue weighted by Crippen LogP contribution is 2.23. The number of nitrogens with one attached hydrogen (secondary N) is 1. The number of rotatable bonds is 7. The van der Waals surface area contributed by atoms with E-state index in [4.69, 9.17) is 5.10 Å². The van der Waals surface area contributed by atoms with Crippen molar-refractivity contribution in [2.75, 3.05) is 26.2 Å². The second-order valence-electron chi connectivity index (χ2n) is 8.14. The minimum absolute atomic E-state index is 0.0613. The monoisotopic (exact) mass is 405 g/mol. The Hall–Kier alpha value is -2.86. The van der Waals surface area contributed by atoms with Crippen LogP contribution in [0.25, 0.3) is 11.5 Å². The molecular formula is C24H31N5O. The molecule has 1 saturated heterocycles. The topological polar surface area (TPSA) is 55.1 Å². The van der Waals surface area contributed by atoms with Gasteiger partial charge in [0.15, 0.2) is 5.82 Å². The molecule has 158 valence electrons. The van der Waals surface area contributed by atoms with Gasteiger partial charge in [0.2, 0.25) is 0 Å². The first-order valence-corrected chi connectivity index (χ1v) is 10.9. The molecule has 0 spiro atoms. The van der Waals surface area contributed by atoms with Crippen LogP contribution in [0.2, 0.25) is 0 Å². The number of nitrogens with zero attached hydrogens (tertiary/aromatic N) is 4. The summed E-state index contributed by atoms with van der Waals surface area (Å²) in [6.07, 6.45) is 8.81. The van der Waals surface area contributed by atoms with E-state index in [9.17, 15) is 4.79 Å². The molecule has 1 aromatic carbocycles. The molecule has 0 saturated carbocycles. The molecule has 0 radical (unpaired) electrons. The number of aromatic nitrogens is 3. The highest BCUT2D eigenvalue weighted by atomic mass is 16.1. The zero-order chi connectivity index (χ0) is 20.9. The van der Waals surface area contributed by atoms with Gasteiger partial charge in [0.05, 0.1) is 11.4 Å². The average molecular weight is 406 g/mol. The molecular weight excluding hydrogens is 374 g/mol. The van der Waals surface area contributed by atoms with Crippen LogP contribution in [0.5, 0.6) is 0 Å². The van der Waals surface area contributed by atoms with E-state index in [0.29, 0.717) is 12.1 Å². The molecule has 3 aromatic rings. The lowest BCUT2D eigenvalue weighted by atomic mass is 10.1. The fourth-order valence-corrected chi connectivity index (χ4v) is 4.21. The molecule has 6 heteroatoms. The number of hydrogen-bond acceptors (Lipinski definition) is 3. The largest absolute Gasteiger partial charge is 0.352 e. The zero-order valence-corrected chi connectivity index (χ0v) is 18.0. The quantitative estimate of drug-likeness (QED) is 0.607. The number of piperidine rings is 1. The van der Waals surface area contributed by atoms with Crippen molar-refractivity contribution in [2.45, 2.75) is 39.5 Å². The summed E-state index contributed by atoms with van der Waals surface area (Å²) in [5.74, 6) is 0.713. The lowest BCUT2D eigenvalue weighted by Crippen LogP contribution is -2.33. The van der Waals surface area contributed by atoms with Crippen molar-refractivity contribution in [3.05, 3.63) is 65.6 Å². The van der Waals surface area contributed by atoms with E-state index in [2.05, 4.69) is 29.3 Å². The van der Waals surface area contributed by atoms with E-state index in [1.165, 1.54) is 32.4 Å². The Labute approximate surface area is 178 Å². The molecule has 1 fully saturated rings. The second-order valence-corrected chi connectivity index (χ2v) is 8.14. The third-order valence-electron chi connectivity index (χ3n) is 5.74. The minimum Gasteiger partial charge on any atom is -0.352 e. The molecule has 3 heterocycles. The number of benzene rings is 1. The molecule has 0 bridgehead atoms. The second kappa shape index (κ2) is 9.30. The van der Waals surface area contributed by atoms with Crippen LogP contribution in [-0.4, -0.2) is 51.3 Å². The third-order valence-corrected chi connectivity index (χ3v) is 5.74. The number of hydrogen-bond donors (Lipinski definition) is 1. The van der Waals surface area contributed by atoms with Crippen molar-refractivity contribution in [3.63, 3.8) is 0 Å². The lowest BCUT2D eigenvalue weighted by molar-refractivity contribution is 0.0950. The van der Waals surface area contributed by atoms with Crippen LogP contribution in [-0.2, 0) is 0 Å². The molecule has 4 rings (SSSR count). The van der Waals surface area contributed by atoms with Gasteiger partial charge in [-0.2, -0.15) is 5.10 Å². The molecule has 0 atom stereocenters. The van der Waals surface area contributed by atoms with Gasteiger partial charge in [-0.3, -0.25) is 4.79 Å². The zero-order valence-electron chi connectivity index (χ0n) is 18.0. The molecule has 1 aliphatic heterocycles. The fourth-order valence-electron chi connectivity index (χ4n) is 4.21. The summed E-state index contributed by atoms with van der Waals surface area (Å²) < 4.78 is 3.83. The molecule has 0 aliphatic carbocycles. The van der Waals surface area contributed by atoms with Crippen molar-refractivity contribution in [1.29, 1.82) is 0 Å². The van der Waals surface area contributed by atoms with Crippen LogP contribution in [0.4, 0.5) is 0 Å². The highest BCUT2D eigenvalue weighted by molar-refractivity contribution is 5.98. The fraction of sp³-hybridized carbons (Fsp3) is 0.417. The molecule has 6 nitrogen and oxygen atoms in total. The maximum atomic E-state index is 13.2. The van der Waals surface area contributed by atoms with E-state index in [1.54, 1.807) is 0 Å². The molecule has 30 heavy (non-hydrogen) atoms. The Morgan fingerprint density at radius 2 is 1.83 bits per heavy atom. The normalized spacial score (nSPS) is 14.7. The number of likely N-dealkylation sites (tertiary alicyclic amines) is 1.